The third-order valence-corrected chi connectivity index (χ3v) is 6.94. The minimum atomic E-state index is -0.136. The molecule has 0 spiro atoms. The molecule has 0 aromatic carbocycles. The largest absolute Gasteiger partial charge is 0.465 e. The third-order valence-electron chi connectivity index (χ3n) is 6.94. The van der Waals surface area contributed by atoms with E-state index in [4.69, 9.17) is 4.74 Å². The molecule has 2 rings (SSSR count). The van der Waals surface area contributed by atoms with E-state index < -0.39 is 0 Å². The summed E-state index contributed by atoms with van der Waals surface area (Å²) in [4.78, 5) is 14.5. The lowest BCUT2D eigenvalue weighted by Gasteiger charge is -2.56. The average molecular weight is 474 g/mol. The van der Waals surface area contributed by atoms with Crippen LogP contribution in [0.1, 0.15) is 114 Å². The average Bonchev–Trinajstić information content (AvgIpc) is 2.83. The van der Waals surface area contributed by atoms with Crippen molar-refractivity contribution < 1.29 is 19.7 Å². The van der Waals surface area contributed by atoms with Crippen LogP contribution in [0, 0.1) is 22.2 Å². The number of esters is 1. The number of carbonyl (C=O) groups is 1. The highest BCUT2D eigenvalue weighted by molar-refractivity contribution is 5.69. The summed E-state index contributed by atoms with van der Waals surface area (Å²) < 4.78 is 5.68. The molecule has 0 aromatic rings. The molecule has 0 aliphatic heterocycles. The van der Waals surface area contributed by atoms with E-state index >= 15 is 0 Å². The molecular weight excluding hydrogens is 414 g/mol. The molecule has 5 heteroatoms. The minimum absolute atomic E-state index is 0.0725. The van der Waals surface area contributed by atoms with Crippen molar-refractivity contribution in [1.29, 1.82) is 0 Å². The van der Waals surface area contributed by atoms with Gasteiger partial charge in [0.15, 0.2) is 0 Å². The van der Waals surface area contributed by atoms with E-state index in [0.29, 0.717) is 18.9 Å². The molecule has 2 saturated carbocycles. The Bertz CT molecular complexity index is 494. The van der Waals surface area contributed by atoms with Gasteiger partial charge in [-0.2, -0.15) is 0 Å². The second-order valence-electron chi connectivity index (χ2n) is 10.1. The zero-order valence-electron chi connectivity index (χ0n) is 23.9. The lowest BCUT2D eigenvalue weighted by molar-refractivity contribution is -0.155. The lowest BCUT2D eigenvalue weighted by Crippen LogP contribution is -2.51. The van der Waals surface area contributed by atoms with Crippen LogP contribution in [0.4, 0.5) is 0 Å². The van der Waals surface area contributed by atoms with Crippen LogP contribution in [0.2, 0.25) is 0 Å². The number of hydrogen-bond acceptors (Lipinski definition) is 5. The summed E-state index contributed by atoms with van der Waals surface area (Å²) in [5.74, 6) is 0.389. The van der Waals surface area contributed by atoms with Gasteiger partial charge >= 0.3 is 5.97 Å². The molecule has 2 fully saturated rings. The molecule has 0 radical (unpaired) electrons. The Kier molecular flexibility index (Phi) is 18.6. The first-order valence-electron chi connectivity index (χ1n) is 13.8. The van der Waals surface area contributed by atoms with Crippen LogP contribution < -0.4 is 0 Å². The number of ether oxygens (including phenoxy) is 1. The highest BCUT2D eigenvalue weighted by Crippen LogP contribution is 2.60. The number of hydrogen-bond donors (Lipinski definition) is 2. The predicted octanol–water partition coefficient (Wildman–Crippen LogP) is 6.31. The molecule has 0 saturated heterocycles. The van der Waals surface area contributed by atoms with Crippen LogP contribution in [-0.2, 0) is 9.53 Å². The number of rotatable bonds is 10. The monoisotopic (exact) mass is 473 g/mol. The second-order valence-corrected chi connectivity index (χ2v) is 10.1. The van der Waals surface area contributed by atoms with Gasteiger partial charge in [0.1, 0.15) is 0 Å². The SMILES string of the molecule is CC.CC.CC.CCN(CC)CCCC(=O)OCC1(C)CC2CC(C)(CO)CC(CO)(C2)C1. The Morgan fingerprint density at radius 1 is 0.879 bits per heavy atom. The lowest BCUT2D eigenvalue weighted by atomic mass is 9.49. The van der Waals surface area contributed by atoms with Gasteiger partial charge in [-0.3, -0.25) is 4.79 Å². The quantitative estimate of drug-likeness (QED) is 0.364. The highest BCUT2D eigenvalue weighted by Gasteiger charge is 2.53. The fourth-order valence-electron chi connectivity index (χ4n) is 6.11. The van der Waals surface area contributed by atoms with Gasteiger partial charge in [-0.1, -0.05) is 69.2 Å². The molecular formula is C28H59NO4. The van der Waals surface area contributed by atoms with Gasteiger partial charge in [-0.15, -0.1) is 0 Å². The van der Waals surface area contributed by atoms with Crippen LogP contribution in [-0.4, -0.2) is 60.5 Å². The molecule has 0 aromatic heterocycles. The molecule has 5 nitrogen and oxygen atoms in total. The van der Waals surface area contributed by atoms with E-state index in [9.17, 15) is 15.0 Å². The minimum Gasteiger partial charge on any atom is -0.465 e. The second kappa shape index (κ2) is 17.7. The first kappa shape index (κ1) is 34.5. The molecule has 2 aliphatic rings. The van der Waals surface area contributed by atoms with E-state index in [1.54, 1.807) is 0 Å². The summed E-state index contributed by atoms with van der Waals surface area (Å²) in [5, 5.41) is 20.0. The number of fused-ring (bicyclic) bond motifs is 2. The Morgan fingerprint density at radius 3 is 1.88 bits per heavy atom. The number of aliphatic hydroxyl groups is 2. The summed E-state index contributed by atoms with van der Waals surface area (Å²) in [6.45, 7) is 24.4. The standard InChI is InChI=1S/C22H41NO4.3C2H6/c1-5-23(6-2)9-7-8-19(26)27-17-21(4)11-18-10-20(3,15-24)13-22(12-18,14-21)16-25;3*1-2/h18,24-25H,5-17H2,1-4H3;3*1-2H3. The first-order valence-corrected chi connectivity index (χ1v) is 13.8. The summed E-state index contributed by atoms with van der Waals surface area (Å²) in [6, 6.07) is 0. The number of carbonyl (C=O) groups excluding carboxylic acids is 1. The van der Waals surface area contributed by atoms with Crippen molar-refractivity contribution >= 4 is 5.97 Å². The van der Waals surface area contributed by atoms with E-state index in [-0.39, 0.29) is 35.4 Å². The molecule has 0 heterocycles. The smallest absolute Gasteiger partial charge is 0.305 e. The maximum Gasteiger partial charge on any atom is 0.305 e. The zero-order chi connectivity index (χ0) is 26.1. The van der Waals surface area contributed by atoms with Crippen molar-refractivity contribution in [2.75, 3.05) is 39.5 Å². The van der Waals surface area contributed by atoms with Crippen LogP contribution >= 0.6 is 0 Å². The summed E-state index contributed by atoms with van der Waals surface area (Å²) >= 11 is 0. The Morgan fingerprint density at radius 2 is 1.39 bits per heavy atom. The van der Waals surface area contributed by atoms with Crippen LogP contribution in [0.5, 0.6) is 0 Å². The van der Waals surface area contributed by atoms with Crippen molar-refractivity contribution in [3.63, 3.8) is 0 Å². The Hall–Kier alpha value is -0.650. The van der Waals surface area contributed by atoms with Gasteiger partial charge in [0.05, 0.1) is 6.61 Å². The van der Waals surface area contributed by atoms with Crippen LogP contribution in [0.3, 0.4) is 0 Å². The zero-order valence-corrected chi connectivity index (χ0v) is 23.9. The normalized spacial score (nSPS) is 30.0. The van der Waals surface area contributed by atoms with Crippen molar-refractivity contribution in [3.05, 3.63) is 0 Å². The summed E-state index contributed by atoms with van der Waals surface area (Å²) in [6.07, 6.45) is 6.09. The summed E-state index contributed by atoms with van der Waals surface area (Å²) in [5.41, 5.74) is -0.298. The molecule has 2 aliphatic carbocycles. The van der Waals surface area contributed by atoms with Crippen molar-refractivity contribution in [2.24, 2.45) is 22.2 Å². The third kappa shape index (κ3) is 11.6. The molecule has 33 heavy (non-hydrogen) atoms. The topological polar surface area (TPSA) is 70.0 Å². The predicted molar refractivity (Wildman–Crippen MR) is 141 cm³/mol. The molecule has 200 valence electrons. The Labute approximate surface area is 206 Å². The van der Waals surface area contributed by atoms with Gasteiger partial charge in [0.25, 0.3) is 0 Å². The first-order chi connectivity index (χ1) is 15.7. The van der Waals surface area contributed by atoms with E-state index in [1.165, 1.54) is 0 Å². The fourth-order valence-corrected chi connectivity index (χ4v) is 6.11. The van der Waals surface area contributed by atoms with E-state index in [2.05, 4.69) is 32.6 Å². The maximum absolute atomic E-state index is 12.2. The highest BCUT2D eigenvalue weighted by atomic mass is 16.5. The van der Waals surface area contributed by atoms with Crippen LogP contribution in [0.25, 0.3) is 0 Å². The van der Waals surface area contributed by atoms with E-state index in [1.807, 2.05) is 41.5 Å². The van der Waals surface area contributed by atoms with Gasteiger partial charge in [0, 0.05) is 25.0 Å². The fraction of sp³-hybridized carbons (Fsp3) is 0.964. The Balaban J connectivity index is 0. The van der Waals surface area contributed by atoms with Crippen molar-refractivity contribution in [1.82, 2.24) is 4.90 Å². The molecule has 4 unspecified atom stereocenters. The van der Waals surface area contributed by atoms with Gasteiger partial charge < -0.3 is 19.8 Å². The van der Waals surface area contributed by atoms with Crippen LogP contribution in [0.15, 0.2) is 0 Å². The van der Waals surface area contributed by atoms with Crippen molar-refractivity contribution in [2.45, 2.75) is 114 Å². The summed E-state index contributed by atoms with van der Waals surface area (Å²) in [7, 11) is 0. The molecule has 2 N–H and O–H groups in total. The van der Waals surface area contributed by atoms with Gasteiger partial charge in [-0.05, 0) is 74.9 Å². The molecule has 0 amide bonds. The van der Waals surface area contributed by atoms with E-state index in [0.717, 1.165) is 58.2 Å². The molecule has 4 atom stereocenters. The maximum atomic E-state index is 12.2. The van der Waals surface area contributed by atoms with Gasteiger partial charge in [0.2, 0.25) is 0 Å². The van der Waals surface area contributed by atoms with Gasteiger partial charge in [-0.25, -0.2) is 0 Å². The van der Waals surface area contributed by atoms with Crippen molar-refractivity contribution in [3.8, 4) is 0 Å². The number of aliphatic hydroxyl groups excluding tert-OH is 2. The molecule has 2 bridgehead atoms. The number of nitrogens with zero attached hydrogens (tertiary/aromatic N) is 1.